The lowest BCUT2D eigenvalue weighted by Crippen LogP contribution is -2.15. The lowest BCUT2D eigenvalue weighted by Gasteiger charge is -2.21. The van der Waals surface area contributed by atoms with Crippen molar-refractivity contribution in [1.82, 2.24) is 15.3 Å². The summed E-state index contributed by atoms with van der Waals surface area (Å²) < 4.78 is 0. The fourth-order valence-electron chi connectivity index (χ4n) is 4.40. The van der Waals surface area contributed by atoms with Gasteiger partial charge in [-0.15, -0.1) is 11.3 Å². The summed E-state index contributed by atoms with van der Waals surface area (Å²) >= 11 is 1.69. The number of aryl methyl sites for hydroxylation is 1. The largest absolute Gasteiger partial charge is 0.383 e. The van der Waals surface area contributed by atoms with E-state index < -0.39 is 5.60 Å². The van der Waals surface area contributed by atoms with Gasteiger partial charge in [-0.2, -0.15) is 0 Å². The van der Waals surface area contributed by atoms with Crippen LogP contribution in [0.3, 0.4) is 0 Å². The van der Waals surface area contributed by atoms with Crippen LogP contribution in [0.1, 0.15) is 98.6 Å². The quantitative estimate of drug-likeness (QED) is 0.283. The zero-order valence-electron chi connectivity index (χ0n) is 23.7. The van der Waals surface area contributed by atoms with Crippen molar-refractivity contribution in [3.63, 3.8) is 0 Å². The van der Waals surface area contributed by atoms with Gasteiger partial charge >= 0.3 is 0 Å². The summed E-state index contributed by atoms with van der Waals surface area (Å²) in [5.41, 5.74) is 6.36. The van der Waals surface area contributed by atoms with Crippen LogP contribution >= 0.6 is 11.3 Å². The molecule has 206 valence electrons. The summed E-state index contributed by atoms with van der Waals surface area (Å²) in [6.45, 7) is 8.44. The second-order valence-corrected chi connectivity index (χ2v) is 10.5. The molecule has 2 heterocycles. The summed E-state index contributed by atoms with van der Waals surface area (Å²) in [5.74, 6) is 0.952. The SMILES string of the molecule is CC.CN.CNCc1nc(C(C)(C)O)sc1CCCC1CCCCC1.O=Cc1cccc2ncccc12. The number of hydrogen-bond donors (Lipinski definition) is 3. The van der Waals surface area contributed by atoms with Crippen LogP contribution in [0.15, 0.2) is 36.5 Å². The van der Waals surface area contributed by atoms with Gasteiger partial charge in [-0.25, -0.2) is 4.98 Å². The van der Waals surface area contributed by atoms with Gasteiger partial charge in [0.25, 0.3) is 0 Å². The minimum atomic E-state index is -0.825. The van der Waals surface area contributed by atoms with Crippen molar-refractivity contribution in [2.75, 3.05) is 14.1 Å². The van der Waals surface area contributed by atoms with E-state index in [0.717, 1.165) is 46.8 Å². The maximum Gasteiger partial charge on any atom is 0.150 e. The Morgan fingerprint density at radius 3 is 2.46 bits per heavy atom. The molecule has 3 aromatic rings. The standard InChI is InChI=1S/C17H30N2OS.C10H7NO.C2H6.CH5N/c1-17(2,20)16-19-14(12-18-3)15(21-16)11-7-10-13-8-5-4-6-9-13;12-7-8-3-1-5-10-9(8)4-2-6-11-10;2*1-2/h13,18,20H,4-12H2,1-3H3;1-7H;1-2H3;2H2,1H3. The first kappa shape index (κ1) is 32.8. The van der Waals surface area contributed by atoms with Crippen molar-refractivity contribution in [2.24, 2.45) is 11.7 Å². The number of nitrogens with one attached hydrogen (secondary N) is 1. The minimum Gasteiger partial charge on any atom is -0.383 e. The van der Waals surface area contributed by atoms with Crippen molar-refractivity contribution in [3.8, 4) is 0 Å². The number of carbonyl (C=O) groups excluding carboxylic acids is 1. The van der Waals surface area contributed by atoms with Crippen LogP contribution in [0.2, 0.25) is 0 Å². The summed E-state index contributed by atoms with van der Waals surface area (Å²) in [6.07, 6.45) is 13.5. The van der Waals surface area contributed by atoms with E-state index in [-0.39, 0.29) is 0 Å². The number of thiazole rings is 1. The van der Waals surface area contributed by atoms with Crippen LogP contribution in [0.25, 0.3) is 10.9 Å². The normalized spacial score (nSPS) is 13.4. The predicted molar refractivity (Wildman–Crippen MR) is 158 cm³/mol. The predicted octanol–water partition coefficient (Wildman–Crippen LogP) is 6.64. The molecule has 37 heavy (non-hydrogen) atoms. The van der Waals surface area contributed by atoms with Gasteiger partial charge in [-0.1, -0.05) is 70.6 Å². The molecule has 0 radical (unpaired) electrons. The van der Waals surface area contributed by atoms with E-state index in [0.29, 0.717) is 5.56 Å². The molecular weight excluding hydrogens is 480 g/mol. The second-order valence-electron chi connectivity index (χ2n) is 9.41. The lowest BCUT2D eigenvalue weighted by molar-refractivity contribution is 0.0781. The van der Waals surface area contributed by atoms with E-state index in [1.54, 1.807) is 23.6 Å². The third kappa shape index (κ3) is 11.0. The molecule has 0 aliphatic heterocycles. The van der Waals surface area contributed by atoms with Crippen molar-refractivity contribution >= 4 is 28.5 Å². The Balaban J connectivity index is 0.000000361. The highest BCUT2D eigenvalue weighted by molar-refractivity contribution is 7.11. The third-order valence-corrected chi connectivity index (χ3v) is 7.66. The van der Waals surface area contributed by atoms with Crippen LogP contribution in [0.5, 0.6) is 0 Å². The van der Waals surface area contributed by atoms with Gasteiger partial charge in [0.1, 0.15) is 10.6 Å². The van der Waals surface area contributed by atoms with Gasteiger partial charge in [-0.3, -0.25) is 9.78 Å². The van der Waals surface area contributed by atoms with Crippen molar-refractivity contribution in [3.05, 3.63) is 57.7 Å². The molecule has 0 saturated heterocycles. The number of benzene rings is 1. The number of nitrogens with two attached hydrogens (primary N) is 1. The van der Waals surface area contributed by atoms with E-state index in [1.807, 2.05) is 59.0 Å². The van der Waals surface area contributed by atoms with Crippen LogP contribution in [-0.2, 0) is 18.6 Å². The van der Waals surface area contributed by atoms with Crippen LogP contribution in [0.4, 0.5) is 0 Å². The fourth-order valence-corrected chi connectivity index (χ4v) is 5.52. The van der Waals surface area contributed by atoms with Crippen LogP contribution in [-0.4, -0.2) is 35.5 Å². The Labute approximate surface area is 228 Å². The Morgan fingerprint density at radius 1 is 1.14 bits per heavy atom. The molecule has 1 aliphatic rings. The van der Waals surface area contributed by atoms with Gasteiger partial charge in [0.15, 0.2) is 6.29 Å². The Kier molecular flexibility index (Phi) is 16.1. The van der Waals surface area contributed by atoms with Crippen molar-refractivity contribution < 1.29 is 9.90 Å². The molecule has 0 unspecified atom stereocenters. The highest BCUT2D eigenvalue weighted by Gasteiger charge is 2.23. The number of carbonyl (C=O) groups is 1. The molecule has 0 spiro atoms. The number of pyridine rings is 1. The Morgan fingerprint density at radius 2 is 1.84 bits per heavy atom. The van der Waals surface area contributed by atoms with Gasteiger partial charge < -0.3 is 16.2 Å². The van der Waals surface area contributed by atoms with Crippen molar-refractivity contribution in [2.45, 2.75) is 91.2 Å². The van der Waals surface area contributed by atoms with Gasteiger partial charge in [0.05, 0.1) is 11.2 Å². The summed E-state index contributed by atoms with van der Waals surface area (Å²) in [4.78, 5) is 20.7. The molecule has 6 nitrogen and oxygen atoms in total. The molecule has 4 N–H and O–H groups in total. The average Bonchev–Trinajstić information content (AvgIpc) is 3.35. The molecule has 1 aliphatic carbocycles. The number of hydrogen-bond acceptors (Lipinski definition) is 7. The summed E-state index contributed by atoms with van der Waals surface area (Å²) in [6, 6.07) is 9.24. The highest BCUT2D eigenvalue weighted by Crippen LogP contribution is 2.31. The molecule has 0 atom stereocenters. The summed E-state index contributed by atoms with van der Waals surface area (Å²) in [5, 5.41) is 15.1. The molecule has 4 rings (SSSR count). The van der Waals surface area contributed by atoms with E-state index in [2.05, 4.69) is 21.0 Å². The molecular formula is C30H48N4O2S. The highest BCUT2D eigenvalue weighted by atomic mass is 32.1. The maximum atomic E-state index is 10.6. The van der Waals surface area contributed by atoms with Crippen LogP contribution < -0.4 is 11.1 Å². The zero-order chi connectivity index (χ0) is 27.7. The van der Waals surface area contributed by atoms with Gasteiger partial charge in [-0.05, 0) is 58.8 Å². The first-order chi connectivity index (χ1) is 17.9. The number of nitrogens with zero attached hydrogens (tertiary/aromatic N) is 2. The average molecular weight is 529 g/mol. The molecule has 7 heteroatoms. The molecule has 0 bridgehead atoms. The topological polar surface area (TPSA) is 101 Å². The van der Waals surface area contributed by atoms with E-state index >= 15 is 0 Å². The van der Waals surface area contributed by atoms with E-state index in [9.17, 15) is 9.90 Å². The van der Waals surface area contributed by atoms with Crippen molar-refractivity contribution in [1.29, 1.82) is 0 Å². The molecule has 1 saturated carbocycles. The zero-order valence-corrected chi connectivity index (χ0v) is 24.5. The molecule has 1 fully saturated rings. The van der Waals surface area contributed by atoms with E-state index in [4.69, 9.17) is 0 Å². The van der Waals surface area contributed by atoms with Gasteiger partial charge in [0.2, 0.25) is 0 Å². The molecule has 1 aromatic carbocycles. The Hall–Kier alpha value is -2.19. The first-order valence-electron chi connectivity index (χ1n) is 13.6. The monoisotopic (exact) mass is 528 g/mol. The fraction of sp³-hybridized carbons (Fsp3) is 0.567. The van der Waals surface area contributed by atoms with E-state index in [1.165, 1.54) is 56.9 Å². The lowest BCUT2D eigenvalue weighted by atomic mass is 9.86. The number of fused-ring (bicyclic) bond motifs is 1. The van der Waals surface area contributed by atoms with Gasteiger partial charge in [0, 0.05) is 28.6 Å². The summed E-state index contributed by atoms with van der Waals surface area (Å²) in [7, 11) is 3.45. The number of aromatic nitrogens is 2. The first-order valence-corrected chi connectivity index (χ1v) is 14.5. The molecule has 0 amide bonds. The maximum absolute atomic E-state index is 10.6. The third-order valence-electron chi connectivity index (χ3n) is 6.19. The number of rotatable bonds is 8. The Bertz CT molecular complexity index is 1020. The molecule has 2 aromatic heterocycles. The second kappa shape index (κ2) is 18.1. The van der Waals surface area contributed by atoms with Crippen LogP contribution in [0, 0.1) is 5.92 Å². The number of aliphatic hydroxyl groups is 1. The smallest absolute Gasteiger partial charge is 0.150 e. The number of aldehydes is 1. The minimum absolute atomic E-state index is 0.695.